The summed E-state index contributed by atoms with van der Waals surface area (Å²) in [5, 5.41) is 3.11. The molecule has 2 unspecified atom stereocenters. The molecule has 1 heterocycles. The van der Waals surface area contributed by atoms with Crippen LogP contribution in [0.4, 0.5) is 0 Å². The van der Waals surface area contributed by atoms with E-state index in [1.54, 1.807) is 0 Å². The molecule has 0 aromatic carbocycles. The maximum Gasteiger partial charge on any atom is 0.220 e. The Kier molecular flexibility index (Phi) is 8.07. The standard InChI is InChI=1S/C15H31N3O/c1-13(8-9-16)6-7-15(19)17-14(2)12-18-10-4-3-5-11-18/h13-14H,3-12,16H2,1-2H3,(H,17,19). The van der Waals surface area contributed by atoms with E-state index in [9.17, 15) is 4.79 Å². The summed E-state index contributed by atoms with van der Waals surface area (Å²) in [6, 6.07) is 0.260. The van der Waals surface area contributed by atoms with Crippen LogP contribution in [0, 0.1) is 5.92 Å². The van der Waals surface area contributed by atoms with Crippen molar-refractivity contribution in [2.24, 2.45) is 11.7 Å². The van der Waals surface area contributed by atoms with Crippen molar-refractivity contribution in [3.63, 3.8) is 0 Å². The van der Waals surface area contributed by atoms with Gasteiger partial charge in [0.05, 0.1) is 0 Å². The highest BCUT2D eigenvalue weighted by Crippen LogP contribution is 2.10. The van der Waals surface area contributed by atoms with E-state index in [2.05, 4.69) is 24.1 Å². The van der Waals surface area contributed by atoms with Gasteiger partial charge in [-0.05, 0) is 58.2 Å². The molecule has 1 rings (SSSR count). The van der Waals surface area contributed by atoms with E-state index in [-0.39, 0.29) is 11.9 Å². The molecule has 4 heteroatoms. The Morgan fingerprint density at radius 2 is 1.89 bits per heavy atom. The summed E-state index contributed by atoms with van der Waals surface area (Å²) in [4.78, 5) is 14.3. The van der Waals surface area contributed by atoms with Gasteiger partial charge in [-0.2, -0.15) is 0 Å². The van der Waals surface area contributed by atoms with E-state index in [4.69, 9.17) is 5.73 Å². The molecule has 0 bridgehead atoms. The lowest BCUT2D eigenvalue weighted by atomic mass is 10.0. The Labute approximate surface area is 118 Å². The first-order valence-corrected chi connectivity index (χ1v) is 7.83. The average molecular weight is 269 g/mol. The quantitative estimate of drug-likeness (QED) is 0.706. The van der Waals surface area contributed by atoms with Crippen LogP contribution in [0.2, 0.25) is 0 Å². The molecule has 0 aliphatic carbocycles. The molecule has 112 valence electrons. The molecule has 1 saturated heterocycles. The molecule has 0 aromatic rings. The molecule has 0 saturated carbocycles. The lowest BCUT2D eigenvalue weighted by molar-refractivity contribution is -0.122. The van der Waals surface area contributed by atoms with Crippen LogP contribution in [-0.4, -0.2) is 43.0 Å². The molecule has 0 radical (unpaired) electrons. The number of nitrogens with one attached hydrogen (secondary N) is 1. The number of hydrogen-bond acceptors (Lipinski definition) is 3. The summed E-state index contributed by atoms with van der Waals surface area (Å²) in [7, 11) is 0. The highest BCUT2D eigenvalue weighted by Gasteiger charge is 2.15. The van der Waals surface area contributed by atoms with Crippen molar-refractivity contribution < 1.29 is 4.79 Å². The van der Waals surface area contributed by atoms with Crippen molar-refractivity contribution in [2.45, 2.75) is 58.4 Å². The minimum Gasteiger partial charge on any atom is -0.352 e. The normalized spacial score (nSPS) is 19.9. The number of likely N-dealkylation sites (tertiary alicyclic amines) is 1. The van der Waals surface area contributed by atoms with Crippen LogP contribution < -0.4 is 11.1 Å². The zero-order valence-electron chi connectivity index (χ0n) is 12.7. The summed E-state index contributed by atoms with van der Waals surface area (Å²) in [5.41, 5.74) is 5.51. The van der Waals surface area contributed by atoms with Gasteiger partial charge in [-0.25, -0.2) is 0 Å². The Morgan fingerprint density at radius 1 is 1.21 bits per heavy atom. The summed E-state index contributed by atoms with van der Waals surface area (Å²) < 4.78 is 0. The molecule has 3 N–H and O–H groups in total. The Hall–Kier alpha value is -0.610. The van der Waals surface area contributed by atoms with E-state index >= 15 is 0 Å². The van der Waals surface area contributed by atoms with Crippen molar-refractivity contribution in [3.8, 4) is 0 Å². The number of carbonyl (C=O) groups is 1. The number of piperidine rings is 1. The molecule has 2 atom stereocenters. The van der Waals surface area contributed by atoms with Gasteiger partial charge in [0.15, 0.2) is 0 Å². The van der Waals surface area contributed by atoms with E-state index < -0.39 is 0 Å². The minimum atomic E-state index is 0.188. The fourth-order valence-corrected chi connectivity index (χ4v) is 2.73. The summed E-state index contributed by atoms with van der Waals surface area (Å²) in [6.07, 6.45) is 6.55. The number of hydrogen-bond donors (Lipinski definition) is 2. The molecule has 1 fully saturated rings. The zero-order valence-corrected chi connectivity index (χ0v) is 12.7. The molecule has 19 heavy (non-hydrogen) atoms. The van der Waals surface area contributed by atoms with Crippen molar-refractivity contribution in [2.75, 3.05) is 26.2 Å². The first-order chi connectivity index (χ1) is 9.11. The van der Waals surface area contributed by atoms with Crippen molar-refractivity contribution >= 4 is 5.91 Å². The molecular weight excluding hydrogens is 238 g/mol. The van der Waals surface area contributed by atoms with Gasteiger partial charge in [-0.3, -0.25) is 4.79 Å². The summed E-state index contributed by atoms with van der Waals surface area (Å²) in [5.74, 6) is 0.738. The SMILES string of the molecule is CC(CCN)CCC(=O)NC(C)CN1CCCCC1. The number of nitrogens with two attached hydrogens (primary N) is 1. The fraction of sp³-hybridized carbons (Fsp3) is 0.933. The van der Waals surface area contributed by atoms with E-state index in [1.807, 2.05) is 0 Å². The second kappa shape index (κ2) is 9.32. The van der Waals surface area contributed by atoms with Crippen molar-refractivity contribution in [3.05, 3.63) is 0 Å². The Morgan fingerprint density at radius 3 is 2.53 bits per heavy atom. The number of nitrogens with zero attached hydrogens (tertiary/aromatic N) is 1. The molecule has 4 nitrogen and oxygen atoms in total. The van der Waals surface area contributed by atoms with E-state index in [1.165, 1.54) is 32.4 Å². The molecular formula is C15H31N3O. The van der Waals surface area contributed by atoms with Gasteiger partial charge in [0.25, 0.3) is 0 Å². The zero-order chi connectivity index (χ0) is 14.1. The third-order valence-corrected chi connectivity index (χ3v) is 3.91. The maximum absolute atomic E-state index is 11.8. The summed E-state index contributed by atoms with van der Waals surface area (Å²) in [6.45, 7) is 8.35. The second-order valence-electron chi connectivity index (χ2n) is 6.05. The van der Waals surface area contributed by atoms with Crippen molar-refractivity contribution in [1.29, 1.82) is 0 Å². The molecule has 0 spiro atoms. The van der Waals surface area contributed by atoms with Gasteiger partial charge in [-0.1, -0.05) is 13.3 Å². The van der Waals surface area contributed by atoms with Crippen LogP contribution in [0.3, 0.4) is 0 Å². The third-order valence-electron chi connectivity index (χ3n) is 3.91. The van der Waals surface area contributed by atoms with Crippen LogP contribution in [0.25, 0.3) is 0 Å². The first-order valence-electron chi connectivity index (χ1n) is 7.83. The second-order valence-corrected chi connectivity index (χ2v) is 6.05. The highest BCUT2D eigenvalue weighted by molar-refractivity contribution is 5.76. The Balaban J connectivity index is 2.12. The fourth-order valence-electron chi connectivity index (χ4n) is 2.73. The monoisotopic (exact) mass is 269 g/mol. The smallest absolute Gasteiger partial charge is 0.220 e. The molecule has 0 aromatic heterocycles. The maximum atomic E-state index is 11.8. The van der Waals surface area contributed by atoms with Crippen LogP contribution in [0.15, 0.2) is 0 Å². The van der Waals surface area contributed by atoms with Crippen molar-refractivity contribution in [1.82, 2.24) is 10.2 Å². The van der Waals surface area contributed by atoms with Gasteiger partial charge >= 0.3 is 0 Å². The van der Waals surface area contributed by atoms with E-state index in [0.29, 0.717) is 18.9 Å². The number of carbonyl (C=O) groups excluding carboxylic acids is 1. The molecule has 1 amide bonds. The predicted octanol–water partition coefficient (Wildman–Crippen LogP) is 1.74. The van der Waals surface area contributed by atoms with Gasteiger partial charge in [0, 0.05) is 19.0 Å². The van der Waals surface area contributed by atoms with Crippen LogP contribution in [-0.2, 0) is 4.79 Å². The number of amides is 1. The molecule has 1 aliphatic heterocycles. The first kappa shape index (κ1) is 16.4. The van der Waals surface area contributed by atoms with Crippen LogP contribution >= 0.6 is 0 Å². The highest BCUT2D eigenvalue weighted by atomic mass is 16.1. The van der Waals surface area contributed by atoms with E-state index in [0.717, 1.165) is 19.4 Å². The van der Waals surface area contributed by atoms with Gasteiger partial charge in [0.1, 0.15) is 0 Å². The third kappa shape index (κ3) is 7.53. The summed E-state index contributed by atoms with van der Waals surface area (Å²) >= 11 is 0. The topological polar surface area (TPSA) is 58.4 Å². The Bertz CT molecular complexity index is 252. The van der Waals surface area contributed by atoms with Crippen LogP contribution in [0.5, 0.6) is 0 Å². The van der Waals surface area contributed by atoms with Gasteiger partial charge < -0.3 is 16.0 Å². The number of rotatable bonds is 8. The van der Waals surface area contributed by atoms with Gasteiger partial charge in [-0.15, -0.1) is 0 Å². The van der Waals surface area contributed by atoms with Crippen LogP contribution in [0.1, 0.15) is 52.4 Å². The van der Waals surface area contributed by atoms with Gasteiger partial charge in [0.2, 0.25) is 5.91 Å². The largest absolute Gasteiger partial charge is 0.352 e. The lowest BCUT2D eigenvalue weighted by Crippen LogP contribution is -2.43. The minimum absolute atomic E-state index is 0.188. The lowest BCUT2D eigenvalue weighted by Gasteiger charge is -2.29. The average Bonchev–Trinajstić information content (AvgIpc) is 2.38. The molecule has 1 aliphatic rings. The predicted molar refractivity (Wildman–Crippen MR) is 80.0 cm³/mol.